The lowest BCUT2D eigenvalue weighted by molar-refractivity contribution is -0.275. The highest BCUT2D eigenvalue weighted by Gasteiger charge is 2.62. The lowest BCUT2D eigenvalue weighted by Gasteiger charge is -2.29. The van der Waals surface area contributed by atoms with Crippen LogP contribution in [0.2, 0.25) is 10.0 Å². The molecule has 0 saturated heterocycles. The fourth-order valence-corrected chi connectivity index (χ4v) is 4.21. The molecular weight excluding hydrogens is 488 g/mol. The molecule has 1 aliphatic rings. The Balaban J connectivity index is 1.64. The molecule has 1 N–H and O–H groups in total. The highest BCUT2D eigenvalue weighted by molar-refractivity contribution is 6.34. The molecule has 1 amide bonds. The maximum atomic E-state index is 14.2. The van der Waals surface area contributed by atoms with Crippen LogP contribution in [0.15, 0.2) is 65.8 Å². The number of anilines is 1. The van der Waals surface area contributed by atoms with Crippen LogP contribution in [-0.4, -0.2) is 17.8 Å². The standard InChI is InChI=1S/C25H19Cl2F3N2O2/c1-14-3-6-16(7-4-14)23(33)31-21-9-17(8-5-15(21)2)22-13-24(34-32-22,25(28,29)30)18-10-19(26)12-20(27)11-18/h3-12H,13H2,1-2H3,(H,31,33). The van der Waals surface area contributed by atoms with E-state index in [0.29, 0.717) is 16.8 Å². The van der Waals surface area contributed by atoms with Crippen LogP contribution in [0.1, 0.15) is 39.0 Å². The Morgan fingerprint density at radius 2 is 1.65 bits per heavy atom. The Hall–Kier alpha value is -3.03. The molecule has 34 heavy (non-hydrogen) atoms. The largest absolute Gasteiger partial charge is 0.435 e. The van der Waals surface area contributed by atoms with Gasteiger partial charge in [0.15, 0.2) is 0 Å². The number of halogens is 5. The Bertz CT molecular complexity index is 1270. The second kappa shape index (κ2) is 8.96. The van der Waals surface area contributed by atoms with Gasteiger partial charge in [-0.05, 0) is 55.8 Å². The van der Waals surface area contributed by atoms with Crippen molar-refractivity contribution in [3.63, 3.8) is 0 Å². The molecule has 0 aromatic heterocycles. The minimum Gasteiger partial charge on any atom is -0.374 e. The van der Waals surface area contributed by atoms with Crippen LogP contribution in [0.3, 0.4) is 0 Å². The average Bonchev–Trinajstić information content (AvgIpc) is 3.22. The van der Waals surface area contributed by atoms with Crippen LogP contribution in [0, 0.1) is 13.8 Å². The molecule has 176 valence electrons. The summed E-state index contributed by atoms with van der Waals surface area (Å²) >= 11 is 11.9. The zero-order chi connectivity index (χ0) is 24.7. The molecule has 1 unspecified atom stereocenters. The molecule has 4 nitrogen and oxygen atoms in total. The average molecular weight is 507 g/mol. The predicted molar refractivity (Wildman–Crippen MR) is 127 cm³/mol. The summed E-state index contributed by atoms with van der Waals surface area (Å²) < 4.78 is 42.7. The van der Waals surface area contributed by atoms with Crippen molar-refractivity contribution in [3.05, 3.63) is 98.5 Å². The molecule has 1 atom stereocenters. The summed E-state index contributed by atoms with van der Waals surface area (Å²) in [5.74, 6) is -0.330. The summed E-state index contributed by atoms with van der Waals surface area (Å²) in [7, 11) is 0. The lowest BCUT2D eigenvalue weighted by atomic mass is 9.86. The van der Waals surface area contributed by atoms with Gasteiger partial charge in [0.1, 0.15) is 0 Å². The molecule has 0 saturated carbocycles. The van der Waals surface area contributed by atoms with Gasteiger partial charge in [-0.3, -0.25) is 4.79 Å². The first-order chi connectivity index (χ1) is 16.0. The molecule has 1 aliphatic heterocycles. The summed E-state index contributed by atoms with van der Waals surface area (Å²) in [4.78, 5) is 17.7. The predicted octanol–water partition coefficient (Wildman–Crippen LogP) is 7.44. The van der Waals surface area contributed by atoms with E-state index >= 15 is 0 Å². The number of amides is 1. The number of rotatable bonds is 4. The van der Waals surface area contributed by atoms with Crippen molar-refractivity contribution >= 4 is 40.5 Å². The minimum atomic E-state index is -4.79. The third-order valence-corrected chi connectivity index (χ3v) is 6.08. The minimum absolute atomic E-state index is 0.0552. The van der Waals surface area contributed by atoms with E-state index in [0.717, 1.165) is 11.1 Å². The number of carbonyl (C=O) groups excluding carboxylic acids is 1. The Labute approximate surface area is 204 Å². The fourth-order valence-electron chi connectivity index (χ4n) is 3.68. The van der Waals surface area contributed by atoms with Gasteiger partial charge in [0, 0.05) is 38.8 Å². The monoisotopic (exact) mass is 506 g/mol. The maximum absolute atomic E-state index is 14.2. The zero-order valence-electron chi connectivity index (χ0n) is 18.1. The molecule has 0 fully saturated rings. The number of nitrogens with zero attached hydrogens (tertiary/aromatic N) is 1. The number of nitrogens with one attached hydrogen (secondary N) is 1. The molecule has 9 heteroatoms. The van der Waals surface area contributed by atoms with Gasteiger partial charge in [0.2, 0.25) is 0 Å². The molecule has 3 aromatic carbocycles. The summed E-state index contributed by atoms with van der Waals surface area (Å²) in [6.07, 6.45) is -5.37. The first-order valence-electron chi connectivity index (χ1n) is 10.3. The van der Waals surface area contributed by atoms with Crippen molar-refractivity contribution in [1.29, 1.82) is 0 Å². The first-order valence-corrected chi connectivity index (χ1v) is 11.0. The summed E-state index contributed by atoms with van der Waals surface area (Å²) in [5.41, 5.74) is 0.189. The summed E-state index contributed by atoms with van der Waals surface area (Å²) in [6.45, 7) is 3.70. The molecule has 1 heterocycles. The number of carbonyl (C=O) groups is 1. The fraction of sp³-hybridized carbons (Fsp3) is 0.200. The molecule has 4 rings (SSSR count). The van der Waals surface area contributed by atoms with Gasteiger partial charge in [-0.15, -0.1) is 0 Å². The summed E-state index contributed by atoms with van der Waals surface area (Å²) in [6, 6.07) is 15.6. The van der Waals surface area contributed by atoms with Crippen molar-refractivity contribution in [3.8, 4) is 0 Å². The second-order valence-electron chi connectivity index (χ2n) is 8.14. The molecular formula is C25H19Cl2F3N2O2. The summed E-state index contributed by atoms with van der Waals surface area (Å²) in [5, 5.41) is 6.70. The highest BCUT2D eigenvalue weighted by Crippen LogP contribution is 2.49. The van der Waals surface area contributed by atoms with Gasteiger partial charge in [-0.25, -0.2) is 0 Å². The first kappa shape index (κ1) is 24.1. The van der Waals surface area contributed by atoms with Gasteiger partial charge in [-0.1, -0.05) is 58.2 Å². The number of aryl methyl sites for hydroxylation is 2. The molecule has 0 radical (unpaired) electrons. The van der Waals surface area contributed by atoms with E-state index in [1.807, 2.05) is 19.1 Å². The van der Waals surface area contributed by atoms with Gasteiger partial charge < -0.3 is 10.2 Å². The maximum Gasteiger partial charge on any atom is 0.435 e. The second-order valence-corrected chi connectivity index (χ2v) is 9.01. The van der Waals surface area contributed by atoms with Crippen molar-refractivity contribution in [2.45, 2.75) is 32.0 Å². The van der Waals surface area contributed by atoms with E-state index in [9.17, 15) is 18.0 Å². The van der Waals surface area contributed by atoms with Crippen LogP contribution < -0.4 is 5.32 Å². The van der Waals surface area contributed by atoms with Crippen LogP contribution in [-0.2, 0) is 10.4 Å². The Kier molecular flexibility index (Phi) is 6.36. The van der Waals surface area contributed by atoms with Crippen molar-refractivity contribution in [2.75, 3.05) is 5.32 Å². The third-order valence-electron chi connectivity index (χ3n) is 5.65. The molecule has 0 aliphatic carbocycles. The number of hydrogen-bond acceptors (Lipinski definition) is 3. The number of hydrogen-bond donors (Lipinski definition) is 1. The normalized spacial score (nSPS) is 17.8. The van der Waals surface area contributed by atoms with E-state index in [2.05, 4.69) is 10.5 Å². The Morgan fingerprint density at radius 1 is 1.00 bits per heavy atom. The van der Waals surface area contributed by atoms with Crippen molar-refractivity contribution in [2.24, 2.45) is 5.16 Å². The van der Waals surface area contributed by atoms with Gasteiger partial charge >= 0.3 is 6.18 Å². The number of oxime groups is 1. The van der Waals surface area contributed by atoms with Crippen molar-refractivity contribution in [1.82, 2.24) is 0 Å². The highest BCUT2D eigenvalue weighted by atomic mass is 35.5. The molecule has 3 aromatic rings. The van der Waals surface area contributed by atoms with Crippen molar-refractivity contribution < 1.29 is 22.8 Å². The van der Waals surface area contributed by atoms with E-state index < -0.39 is 18.2 Å². The van der Waals surface area contributed by atoms with Gasteiger partial charge in [0.25, 0.3) is 11.5 Å². The SMILES string of the molecule is Cc1ccc(C(=O)Nc2cc(C3=NOC(c4cc(Cl)cc(Cl)c4)(C(F)(F)F)C3)ccc2C)cc1. The zero-order valence-corrected chi connectivity index (χ0v) is 19.6. The topological polar surface area (TPSA) is 50.7 Å². The Morgan fingerprint density at radius 3 is 2.26 bits per heavy atom. The molecule has 0 bridgehead atoms. The van der Waals surface area contributed by atoms with E-state index in [4.69, 9.17) is 28.0 Å². The smallest absolute Gasteiger partial charge is 0.374 e. The number of alkyl halides is 3. The third kappa shape index (κ3) is 4.63. The van der Waals surface area contributed by atoms with Crippen LogP contribution in [0.25, 0.3) is 0 Å². The van der Waals surface area contributed by atoms with Gasteiger partial charge in [0.05, 0.1) is 5.71 Å². The molecule has 0 spiro atoms. The quantitative estimate of drug-likeness (QED) is 0.399. The van der Waals surface area contributed by atoms with E-state index in [-0.39, 0.29) is 27.2 Å². The van der Waals surface area contributed by atoms with Gasteiger partial charge in [-0.2, -0.15) is 13.2 Å². The number of benzene rings is 3. The van der Waals surface area contributed by atoms with Crippen LogP contribution in [0.5, 0.6) is 0 Å². The van der Waals surface area contributed by atoms with Crippen LogP contribution >= 0.6 is 23.2 Å². The van der Waals surface area contributed by atoms with E-state index in [1.165, 1.54) is 18.2 Å². The lowest BCUT2D eigenvalue weighted by Crippen LogP contribution is -2.42. The van der Waals surface area contributed by atoms with Crippen LogP contribution in [0.4, 0.5) is 18.9 Å². The van der Waals surface area contributed by atoms with E-state index in [1.54, 1.807) is 37.3 Å².